The summed E-state index contributed by atoms with van der Waals surface area (Å²) in [6, 6.07) is 26.6. The number of halogens is 1. The molecule has 2 aromatic heterocycles. The van der Waals surface area contributed by atoms with Gasteiger partial charge in [-0.05, 0) is 11.6 Å². The summed E-state index contributed by atoms with van der Waals surface area (Å²) in [6.07, 6.45) is 1.80. The van der Waals surface area contributed by atoms with Gasteiger partial charge in [0.25, 0.3) is 5.13 Å². The first kappa shape index (κ1) is 17.3. The molecule has 0 fully saturated rings. The number of nitrogens with zero attached hydrogens (tertiary/aromatic N) is 2. The number of hydrogen-bond donors (Lipinski definition) is 1. The number of rotatable bonds is 4. The summed E-state index contributed by atoms with van der Waals surface area (Å²) in [4.78, 5) is 10.4. The van der Waals surface area contributed by atoms with E-state index in [1.165, 1.54) is 10.4 Å². The van der Waals surface area contributed by atoms with Gasteiger partial charge < -0.3 is 12.4 Å². The molecule has 0 bridgehead atoms. The van der Waals surface area contributed by atoms with Gasteiger partial charge in [0.1, 0.15) is 0 Å². The second-order valence-corrected chi connectivity index (χ2v) is 6.39. The summed E-state index contributed by atoms with van der Waals surface area (Å²) in [7, 11) is 0. The molecule has 0 spiro atoms. The molecule has 5 heteroatoms. The second kappa shape index (κ2) is 8.03. The molecule has 25 heavy (non-hydrogen) atoms. The molecule has 4 rings (SSSR count). The third kappa shape index (κ3) is 3.94. The van der Waals surface area contributed by atoms with Gasteiger partial charge in [-0.25, -0.2) is 10.3 Å². The van der Waals surface area contributed by atoms with Gasteiger partial charge in [0.2, 0.25) is 5.82 Å². The Kier molecular flexibility index (Phi) is 5.56. The van der Waals surface area contributed by atoms with Crippen molar-refractivity contribution in [2.24, 2.45) is 0 Å². The molecule has 0 aliphatic carbocycles. The summed E-state index contributed by atoms with van der Waals surface area (Å²) in [5.41, 5.74) is 3.34. The molecule has 0 aliphatic heterocycles. The van der Waals surface area contributed by atoms with Gasteiger partial charge >= 0.3 is 0 Å². The molecule has 2 N–H and O–H groups in total. The van der Waals surface area contributed by atoms with Crippen LogP contribution < -0.4 is 17.7 Å². The summed E-state index contributed by atoms with van der Waals surface area (Å²) >= 11 is 1.70. The molecule has 0 aliphatic rings. The van der Waals surface area contributed by atoms with E-state index in [1.807, 2.05) is 47.8 Å². The van der Waals surface area contributed by atoms with Gasteiger partial charge in [-0.1, -0.05) is 78.1 Å². The van der Waals surface area contributed by atoms with Crippen molar-refractivity contribution in [1.29, 1.82) is 0 Å². The number of quaternary nitrogens is 1. The molecule has 4 aromatic rings. The topological polar surface area (TPSA) is 42.4 Å². The van der Waals surface area contributed by atoms with E-state index in [-0.39, 0.29) is 12.4 Å². The molecule has 0 saturated carbocycles. The molecular weight excluding hydrogens is 350 g/mol. The van der Waals surface area contributed by atoms with Crippen LogP contribution in [-0.2, 0) is 0 Å². The Balaban J connectivity index is 0.00000182. The Bertz CT molecular complexity index is 868. The van der Waals surface area contributed by atoms with Crippen molar-refractivity contribution in [3.05, 3.63) is 85.1 Å². The molecule has 124 valence electrons. The quantitative estimate of drug-likeness (QED) is 0.594. The first-order chi connectivity index (χ1) is 11.9. The van der Waals surface area contributed by atoms with E-state index in [4.69, 9.17) is 4.98 Å². The SMILES string of the molecule is [Cl-].c1ccc(-c2nc([NH2+]c3ccccn3)sc2-c2ccccc2)cc1. The van der Waals surface area contributed by atoms with E-state index >= 15 is 0 Å². The minimum atomic E-state index is 0. The summed E-state index contributed by atoms with van der Waals surface area (Å²) in [5.74, 6) is 0.922. The Hall–Kier alpha value is -2.53. The lowest BCUT2D eigenvalue weighted by atomic mass is 10.1. The Morgan fingerprint density at radius 1 is 0.720 bits per heavy atom. The third-order valence-corrected chi connectivity index (χ3v) is 4.74. The lowest BCUT2D eigenvalue weighted by molar-refractivity contribution is -0.482. The predicted octanol–water partition coefficient (Wildman–Crippen LogP) is 1.40. The average Bonchev–Trinajstić information content (AvgIpc) is 3.08. The maximum absolute atomic E-state index is 4.88. The molecule has 0 unspecified atom stereocenters. The second-order valence-electron chi connectivity index (χ2n) is 5.36. The molecule has 3 nitrogen and oxygen atoms in total. The van der Waals surface area contributed by atoms with Gasteiger partial charge in [0.05, 0.1) is 10.6 Å². The fraction of sp³-hybridized carbons (Fsp3) is 0. The zero-order valence-corrected chi connectivity index (χ0v) is 14.9. The lowest BCUT2D eigenvalue weighted by Crippen LogP contribution is -3.00. The fourth-order valence-corrected chi connectivity index (χ4v) is 3.60. The number of nitrogens with two attached hydrogens (primary N) is 1. The van der Waals surface area contributed by atoms with Crippen molar-refractivity contribution < 1.29 is 17.7 Å². The average molecular weight is 366 g/mol. The van der Waals surface area contributed by atoms with Crippen molar-refractivity contribution >= 4 is 22.3 Å². The number of aromatic nitrogens is 2. The Labute approximate surface area is 156 Å². The highest BCUT2D eigenvalue weighted by molar-refractivity contribution is 7.18. The first-order valence-corrected chi connectivity index (χ1v) is 8.59. The van der Waals surface area contributed by atoms with Crippen LogP contribution in [0.15, 0.2) is 85.1 Å². The van der Waals surface area contributed by atoms with Crippen molar-refractivity contribution in [2.45, 2.75) is 0 Å². The van der Waals surface area contributed by atoms with E-state index in [2.05, 4.69) is 41.4 Å². The summed E-state index contributed by atoms with van der Waals surface area (Å²) in [6.45, 7) is 0. The van der Waals surface area contributed by atoms with Crippen LogP contribution in [0.3, 0.4) is 0 Å². The molecule has 2 aromatic carbocycles. The minimum Gasteiger partial charge on any atom is -1.00 e. The minimum absolute atomic E-state index is 0. The van der Waals surface area contributed by atoms with Crippen LogP contribution in [-0.4, -0.2) is 9.97 Å². The van der Waals surface area contributed by atoms with Gasteiger partial charge in [-0.2, -0.15) is 4.98 Å². The molecule has 0 atom stereocenters. The first-order valence-electron chi connectivity index (χ1n) is 7.77. The van der Waals surface area contributed by atoms with Gasteiger partial charge in [-0.3, -0.25) is 0 Å². The Morgan fingerprint density at radius 2 is 1.36 bits per heavy atom. The highest BCUT2D eigenvalue weighted by atomic mass is 35.5. The number of pyridine rings is 1. The van der Waals surface area contributed by atoms with Crippen LogP contribution in [0.25, 0.3) is 21.7 Å². The standard InChI is InChI=1S/C20H15N3S.ClH/c1-3-9-15(10-4-1)18-19(16-11-5-2-6-12-16)24-20(23-18)22-17-13-7-8-14-21-17;/h1-14H,(H,21,22,23);1H. The number of thiazole rings is 1. The van der Waals surface area contributed by atoms with Crippen LogP contribution in [0.5, 0.6) is 0 Å². The van der Waals surface area contributed by atoms with Crippen LogP contribution in [0, 0.1) is 0 Å². The number of benzene rings is 2. The van der Waals surface area contributed by atoms with E-state index in [1.54, 1.807) is 17.5 Å². The summed E-state index contributed by atoms with van der Waals surface area (Å²) < 4.78 is 0. The van der Waals surface area contributed by atoms with Crippen molar-refractivity contribution in [3.63, 3.8) is 0 Å². The largest absolute Gasteiger partial charge is 1.00 e. The van der Waals surface area contributed by atoms with Crippen molar-refractivity contribution in [2.75, 3.05) is 0 Å². The monoisotopic (exact) mass is 365 g/mol. The summed E-state index contributed by atoms with van der Waals surface area (Å²) in [5, 5.41) is 3.00. The van der Waals surface area contributed by atoms with Crippen molar-refractivity contribution in [1.82, 2.24) is 9.97 Å². The molecule has 0 saturated heterocycles. The third-order valence-electron chi connectivity index (χ3n) is 3.69. The molecule has 0 radical (unpaired) electrons. The molecule has 0 amide bonds. The highest BCUT2D eigenvalue weighted by Gasteiger charge is 2.17. The maximum Gasteiger partial charge on any atom is 0.290 e. The zero-order chi connectivity index (χ0) is 16.2. The van der Waals surface area contributed by atoms with Gasteiger partial charge in [0, 0.05) is 17.8 Å². The van der Waals surface area contributed by atoms with Crippen LogP contribution in [0.2, 0.25) is 0 Å². The Morgan fingerprint density at radius 3 is 2.00 bits per heavy atom. The van der Waals surface area contributed by atoms with Gasteiger partial charge in [-0.15, -0.1) is 0 Å². The predicted molar refractivity (Wildman–Crippen MR) is 98.5 cm³/mol. The maximum atomic E-state index is 4.88. The van der Waals surface area contributed by atoms with E-state index in [9.17, 15) is 0 Å². The van der Waals surface area contributed by atoms with Crippen LogP contribution >= 0.6 is 11.3 Å². The lowest BCUT2D eigenvalue weighted by Gasteiger charge is -2.01. The van der Waals surface area contributed by atoms with E-state index < -0.39 is 0 Å². The molecular formula is C20H16ClN3S. The smallest absolute Gasteiger partial charge is 0.290 e. The highest BCUT2D eigenvalue weighted by Crippen LogP contribution is 2.37. The van der Waals surface area contributed by atoms with Gasteiger partial charge in [0.15, 0.2) is 0 Å². The molecule has 2 heterocycles. The number of hydrogen-bond acceptors (Lipinski definition) is 3. The van der Waals surface area contributed by atoms with E-state index in [0.717, 1.165) is 22.2 Å². The van der Waals surface area contributed by atoms with E-state index in [0.29, 0.717) is 0 Å². The van der Waals surface area contributed by atoms with Crippen LogP contribution in [0.4, 0.5) is 10.9 Å². The normalized spacial score (nSPS) is 10.2. The van der Waals surface area contributed by atoms with Crippen molar-refractivity contribution in [3.8, 4) is 21.7 Å². The zero-order valence-electron chi connectivity index (χ0n) is 13.3. The van der Waals surface area contributed by atoms with Crippen LogP contribution in [0.1, 0.15) is 0 Å². The fourth-order valence-electron chi connectivity index (χ4n) is 2.56.